The maximum absolute atomic E-state index is 6.33. The molecule has 3 nitrogen and oxygen atoms in total. The van der Waals surface area contributed by atoms with Crippen molar-refractivity contribution < 1.29 is 4.74 Å². The largest absolute Gasteiger partial charge is 0.375 e. The minimum Gasteiger partial charge on any atom is -0.375 e. The quantitative estimate of drug-likeness (QED) is 0.664. The van der Waals surface area contributed by atoms with Crippen molar-refractivity contribution in [1.29, 1.82) is 0 Å². The lowest BCUT2D eigenvalue weighted by Gasteiger charge is -2.37. The predicted molar refractivity (Wildman–Crippen MR) is 95.9 cm³/mol. The minimum atomic E-state index is 0. The molecule has 0 aromatic rings. The van der Waals surface area contributed by atoms with E-state index in [0.29, 0.717) is 12.2 Å². The van der Waals surface area contributed by atoms with Crippen LogP contribution in [0.2, 0.25) is 0 Å². The van der Waals surface area contributed by atoms with Crippen LogP contribution < -0.4 is 0 Å². The first kappa shape index (κ1) is 18.7. The molecule has 0 N–H and O–H groups in total. The van der Waals surface area contributed by atoms with Crippen molar-refractivity contribution >= 4 is 24.0 Å². The van der Waals surface area contributed by atoms with Crippen LogP contribution in [0.15, 0.2) is 0 Å². The SMILES string of the molecule is CCN1CCC(OC2CCN(CC(C)C)CC2)CC1.I. The second-order valence-corrected chi connectivity index (χ2v) is 6.66. The number of hydrogen-bond acceptors (Lipinski definition) is 3. The monoisotopic (exact) mass is 396 g/mol. The molecular formula is C16H33IN2O. The lowest BCUT2D eigenvalue weighted by molar-refractivity contribution is -0.0652. The third-order valence-electron chi connectivity index (χ3n) is 4.52. The molecule has 0 aromatic heterocycles. The number of rotatable bonds is 5. The summed E-state index contributed by atoms with van der Waals surface area (Å²) < 4.78 is 6.33. The molecule has 0 aromatic carbocycles. The van der Waals surface area contributed by atoms with Gasteiger partial charge in [0, 0.05) is 32.7 Å². The molecule has 2 aliphatic heterocycles. The zero-order chi connectivity index (χ0) is 13.7. The molecular weight excluding hydrogens is 363 g/mol. The first-order chi connectivity index (χ1) is 9.17. The Hall–Kier alpha value is 0.610. The molecule has 120 valence electrons. The Bertz CT molecular complexity index is 247. The van der Waals surface area contributed by atoms with Gasteiger partial charge in [-0.1, -0.05) is 20.8 Å². The van der Waals surface area contributed by atoms with Crippen molar-refractivity contribution in [2.75, 3.05) is 39.3 Å². The van der Waals surface area contributed by atoms with Gasteiger partial charge in [-0.15, -0.1) is 24.0 Å². The third kappa shape index (κ3) is 6.16. The Morgan fingerprint density at radius 3 is 1.75 bits per heavy atom. The van der Waals surface area contributed by atoms with Crippen molar-refractivity contribution in [3.8, 4) is 0 Å². The molecule has 20 heavy (non-hydrogen) atoms. The van der Waals surface area contributed by atoms with Crippen LogP contribution in [-0.2, 0) is 4.74 Å². The highest BCUT2D eigenvalue weighted by Gasteiger charge is 2.25. The number of ether oxygens (including phenoxy) is 1. The van der Waals surface area contributed by atoms with Crippen molar-refractivity contribution in [2.24, 2.45) is 5.92 Å². The fourth-order valence-corrected chi connectivity index (χ4v) is 3.38. The normalized spacial score (nSPS) is 24.0. The van der Waals surface area contributed by atoms with Gasteiger partial charge in [-0.05, 0) is 38.1 Å². The summed E-state index contributed by atoms with van der Waals surface area (Å²) in [4.78, 5) is 5.13. The summed E-state index contributed by atoms with van der Waals surface area (Å²) in [6, 6.07) is 0. The van der Waals surface area contributed by atoms with Crippen molar-refractivity contribution in [1.82, 2.24) is 9.80 Å². The highest BCUT2D eigenvalue weighted by molar-refractivity contribution is 14.0. The van der Waals surface area contributed by atoms with Gasteiger partial charge >= 0.3 is 0 Å². The zero-order valence-electron chi connectivity index (χ0n) is 13.5. The number of nitrogens with zero attached hydrogens (tertiary/aromatic N) is 2. The van der Waals surface area contributed by atoms with Crippen LogP contribution in [0, 0.1) is 5.92 Å². The van der Waals surface area contributed by atoms with Crippen molar-refractivity contribution in [3.05, 3.63) is 0 Å². The Balaban J connectivity index is 0.00000200. The van der Waals surface area contributed by atoms with Gasteiger partial charge in [-0.25, -0.2) is 0 Å². The first-order valence-corrected chi connectivity index (χ1v) is 8.27. The average molecular weight is 396 g/mol. The third-order valence-corrected chi connectivity index (χ3v) is 4.52. The number of likely N-dealkylation sites (tertiary alicyclic amines) is 2. The van der Waals surface area contributed by atoms with E-state index in [-0.39, 0.29) is 24.0 Å². The van der Waals surface area contributed by atoms with Crippen LogP contribution in [-0.4, -0.2) is 61.3 Å². The molecule has 2 saturated heterocycles. The van der Waals surface area contributed by atoms with Gasteiger partial charge in [-0.3, -0.25) is 0 Å². The average Bonchev–Trinajstić information content (AvgIpc) is 2.41. The Labute approximate surface area is 142 Å². The molecule has 0 radical (unpaired) electrons. The minimum absolute atomic E-state index is 0. The van der Waals surface area contributed by atoms with Crippen molar-refractivity contribution in [3.63, 3.8) is 0 Å². The topological polar surface area (TPSA) is 15.7 Å². The molecule has 0 spiro atoms. The molecule has 0 aliphatic carbocycles. The van der Waals surface area contributed by atoms with Crippen LogP contribution in [0.1, 0.15) is 46.5 Å². The van der Waals surface area contributed by atoms with Crippen LogP contribution in [0.3, 0.4) is 0 Å². The molecule has 2 rings (SSSR count). The van der Waals surface area contributed by atoms with E-state index in [1.807, 2.05) is 0 Å². The lowest BCUT2D eigenvalue weighted by Crippen LogP contribution is -2.42. The molecule has 0 amide bonds. The lowest BCUT2D eigenvalue weighted by atomic mass is 10.0. The summed E-state index contributed by atoms with van der Waals surface area (Å²) in [5, 5.41) is 0. The molecule has 2 fully saturated rings. The summed E-state index contributed by atoms with van der Waals surface area (Å²) in [6.07, 6.45) is 6.01. The van der Waals surface area contributed by atoms with E-state index in [1.165, 1.54) is 65.0 Å². The highest BCUT2D eigenvalue weighted by Crippen LogP contribution is 2.21. The summed E-state index contributed by atoms with van der Waals surface area (Å²) in [5.41, 5.74) is 0. The molecule has 4 heteroatoms. The van der Waals surface area contributed by atoms with E-state index in [1.54, 1.807) is 0 Å². The van der Waals surface area contributed by atoms with Crippen LogP contribution >= 0.6 is 24.0 Å². The zero-order valence-corrected chi connectivity index (χ0v) is 15.8. The Morgan fingerprint density at radius 1 is 0.900 bits per heavy atom. The van der Waals surface area contributed by atoms with Gasteiger partial charge in [0.1, 0.15) is 0 Å². The predicted octanol–water partition coefficient (Wildman–Crippen LogP) is 3.23. The summed E-state index contributed by atoms with van der Waals surface area (Å²) in [6.45, 7) is 14.2. The maximum atomic E-state index is 6.33. The Kier molecular flexibility index (Phi) is 8.95. The molecule has 2 heterocycles. The second kappa shape index (κ2) is 9.59. The van der Waals surface area contributed by atoms with Crippen molar-refractivity contribution in [2.45, 2.75) is 58.7 Å². The maximum Gasteiger partial charge on any atom is 0.0603 e. The fraction of sp³-hybridized carbons (Fsp3) is 1.00. The molecule has 0 bridgehead atoms. The van der Waals surface area contributed by atoms with Gasteiger partial charge in [0.2, 0.25) is 0 Å². The van der Waals surface area contributed by atoms with E-state index < -0.39 is 0 Å². The van der Waals surface area contributed by atoms with Crippen LogP contribution in [0.25, 0.3) is 0 Å². The van der Waals surface area contributed by atoms with Gasteiger partial charge in [0.25, 0.3) is 0 Å². The fourth-order valence-electron chi connectivity index (χ4n) is 3.38. The van der Waals surface area contributed by atoms with E-state index in [9.17, 15) is 0 Å². The summed E-state index contributed by atoms with van der Waals surface area (Å²) in [5.74, 6) is 0.788. The first-order valence-electron chi connectivity index (χ1n) is 8.27. The van der Waals surface area contributed by atoms with E-state index in [0.717, 1.165) is 5.92 Å². The Morgan fingerprint density at radius 2 is 1.35 bits per heavy atom. The molecule has 0 atom stereocenters. The highest BCUT2D eigenvalue weighted by atomic mass is 127. The van der Waals surface area contributed by atoms with Crippen LogP contribution in [0.4, 0.5) is 0 Å². The smallest absolute Gasteiger partial charge is 0.0603 e. The van der Waals surface area contributed by atoms with E-state index in [4.69, 9.17) is 4.74 Å². The number of halogens is 1. The molecule has 2 aliphatic rings. The number of hydrogen-bond donors (Lipinski definition) is 0. The number of piperidine rings is 2. The summed E-state index contributed by atoms with van der Waals surface area (Å²) >= 11 is 0. The van der Waals surface area contributed by atoms with Gasteiger partial charge in [0.15, 0.2) is 0 Å². The van der Waals surface area contributed by atoms with Crippen LogP contribution in [0.5, 0.6) is 0 Å². The van der Waals surface area contributed by atoms with E-state index in [2.05, 4.69) is 30.6 Å². The van der Waals surface area contributed by atoms with E-state index >= 15 is 0 Å². The van der Waals surface area contributed by atoms with Gasteiger partial charge in [-0.2, -0.15) is 0 Å². The second-order valence-electron chi connectivity index (χ2n) is 6.66. The summed E-state index contributed by atoms with van der Waals surface area (Å²) in [7, 11) is 0. The van der Waals surface area contributed by atoms with Gasteiger partial charge < -0.3 is 14.5 Å². The van der Waals surface area contributed by atoms with Gasteiger partial charge in [0.05, 0.1) is 12.2 Å². The molecule has 0 unspecified atom stereocenters. The molecule has 0 saturated carbocycles. The standard InChI is InChI=1S/C16H32N2O.HI/c1-4-17-9-5-15(6-10-17)19-16-7-11-18(12-8-16)13-14(2)3;/h14-16H,4-13H2,1-3H3;1H.